The number of hydrogen-bond acceptors (Lipinski definition) is 4. The molecule has 8 aromatic rings. The Kier molecular flexibility index (Phi) is 11.8. The van der Waals surface area contributed by atoms with E-state index in [-0.39, 0.29) is 25.5 Å². The molecular weight excluding hydrogens is 861 g/mol. The Balaban J connectivity index is 0.000000150. The molecule has 9 rings (SSSR count). The predicted molar refractivity (Wildman–Crippen MR) is 228 cm³/mol. The zero-order valence-corrected chi connectivity index (χ0v) is 36.3. The SMILES string of the molecule is Cc1c[c-]c(-c2cc(C)c(C)cn2)cc1.Cc1c[c-]c(-c2nccc(C)c2C)cc1.Cc1cc2c(cc3c4c(nccc42)-c2[c-]cccc2C3(C)C)c(C)n1.[Ir+3]. The van der Waals surface area contributed by atoms with Crippen LogP contribution >= 0.6 is 0 Å². The molecule has 4 nitrogen and oxygen atoms in total. The summed E-state index contributed by atoms with van der Waals surface area (Å²) in [7, 11) is 0. The van der Waals surface area contributed by atoms with Crippen LogP contribution in [-0.2, 0) is 25.5 Å². The van der Waals surface area contributed by atoms with Crippen LogP contribution < -0.4 is 0 Å². The molecule has 0 amide bonds. The molecule has 4 aromatic heterocycles. The topological polar surface area (TPSA) is 51.6 Å². The average Bonchev–Trinajstić information content (AvgIpc) is 3.17. The fourth-order valence-corrected chi connectivity index (χ4v) is 7.39. The molecule has 56 heavy (non-hydrogen) atoms. The van der Waals surface area contributed by atoms with Crippen molar-refractivity contribution in [1.82, 2.24) is 19.9 Å². The fraction of sp³-hybridized carbons (Fsp3) is 0.216. The number of rotatable bonds is 2. The minimum atomic E-state index is -0.0904. The molecule has 4 heterocycles. The van der Waals surface area contributed by atoms with Gasteiger partial charge in [0.15, 0.2) is 0 Å². The number of hydrogen-bond donors (Lipinski definition) is 0. The Morgan fingerprint density at radius 2 is 1.25 bits per heavy atom. The van der Waals surface area contributed by atoms with Crippen molar-refractivity contribution in [2.24, 2.45) is 0 Å². The van der Waals surface area contributed by atoms with Gasteiger partial charge in [0.25, 0.3) is 0 Å². The third kappa shape index (κ3) is 7.85. The molecule has 0 radical (unpaired) electrons. The van der Waals surface area contributed by atoms with Gasteiger partial charge in [0.1, 0.15) is 0 Å². The second-order valence-electron chi connectivity index (χ2n) is 15.3. The largest absolute Gasteiger partial charge is 3.00 e. The van der Waals surface area contributed by atoms with Gasteiger partial charge in [-0.2, -0.15) is 0 Å². The molecule has 0 saturated heterocycles. The van der Waals surface area contributed by atoms with Crippen molar-refractivity contribution in [2.75, 3.05) is 0 Å². The summed E-state index contributed by atoms with van der Waals surface area (Å²) >= 11 is 0. The second kappa shape index (κ2) is 16.4. The van der Waals surface area contributed by atoms with Crippen molar-refractivity contribution in [3.8, 4) is 33.8 Å². The summed E-state index contributed by atoms with van der Waals surface area (Å²) in [5, 5.41) is 5.03. The van der Waals surface area contributed by atoms with Crippen molar-refractivity contribution in [2.45, 2.75) is 74.7 Å². The minimum absolute atomic E-state index is 0. The van der Waals surface area contributed by atoms with Crippen molar-refractivity contribution in [3.05, 3.63) is 178 Å². The minimum Gasteiger partial charge on any atom is -0.304 e. The first-order valence-corrected chi connectivity index (χ1v) is 18.9. The number of aromatic nitrogens is 4. The van der Waals surface area contributed by atoms with Crippen LogP contribution in [0.5, 0.6) is 0 Å². The Morgan fingerprint density at radius 3 is 1.93 bits per heavy atom. The van der Waals surface area contributed by atoms with Gasteiger partial charge in [0.2, 0.25) is 0 Å². The number of pyridine rings is 4. The first-order chi connectivity index (χ1) is 26.3. The van der Waals surface area contributed by atoms with E-state index < -0.39 is 0 Å². The number of benzene rings is 4. The van der Waals surface area contributed by atoms with Crippen molar-refractivity contribution in [3.63, 3.8) is 0 Å². The Labute approximate surface area is 345 Å². The number of aryl methyl sites for hydroxylation is 7. The van der Waals surface area contributed by atoms with Gasteiger partial charge >= 0.3 is 20.1 Å². The van der Waals surface area contributed by atoms with Gasteiger partial charge in [-0.3, -0.25) is 4.98 Å². The zero-order chi connectivity index (χ0) is 39.0. The van der Waals surface area contributed by atoms with Gasteiger partial charge in [0.05, 0.1) is 0 Å². The molecule has 0 bridgehead atoms. The maximum Gasteiger partial charge on any atom is 3.00 e. The summed E-state index contributed by atoms with van der Waals surface area (Å²) < 4.78 is 0. The first kappa shape index (κ1) is 40.3. The Hall–Kier alpha value is -5.35. The van der Waals surface area contributed by atoms with Crippen LogP contribution in [0.25, 0.3) is 55.3 Å². The zero-order valence-electron chi connectivity index (χ0n) is 33.9. The quantitative estimate of drug-likeness (QED) is 0.128. The summed E-state index contributed by atoms with van der Waals surface area (Å²) in [4.78, 5) is 18.3. The number of fused-ring (bicyclic) bond motifs is 4. The molecular formula is C51H47IrN4. The van der Waals surface area contributed by atoms with Gasteiger partial charge in [-0.1, -0.05) is 50.5 Å². The molecule has 5 heteroatoms. The summed E-state index contributed by atoms with van der Waals surface area (Å²) in [5.74, 6) is 0. The maximum absolute atomic E-state index is 4.75. The van der Waals surface area contributed by atoms with Crippen molar-refractivity contribution in [1.29, 1.82) is 0 Å². The van der Waals surface area contributed by atoms with Crippen molar-refractivity contribution < 1.29 is 20.1 Å². The van der Waals surface area contributed by atoms with Gasteiger partial charge in [-0.15, -0.1) is 106 Å². The van der Waals surface area contributed by atoms with Crippen LogP contribution in [0.15, 0.2) is 104 Å². The molecule has 0 unspecified atom stereocenters. The van der Waals surface area contributed by atoms with E-state index in [1.807, 2.05) is 42.9 Å². The van der Waals surface area contributed by atoms with Gasteiger partial charge in [-0.05, 0) is 116 Å². The van der Waals surface area contributed by atoms with Gasteiger partial charge in [0, 0.05) is 35.4 Å². The summed E-state index contributed by atoms with van der Waals surface area (Å²) in [6, 6.07) is 39.3. The molecule has 1 aliphatic carbocycles. The van der Waals surface area contributed by atoms with Crippen LogP contribution in [0.3, 0.4) is 0 Å². The van der Waals surface area contributed by atoms with Crippen LogP contribution in [0.2, 0.25) is 0 Å². The van der Waals surface area contributed by atoms with E-state index in [4.69, 9.17) is 9.97 Å². The standard InChI is InChI=1S/C23H19N2.2C14H14N.Ir/c1-13-11-18-15-9-10-24-22-16-7-5-6-8-19(16)23(3,4)20(21(15)22)12-17(18)14(2)25-13;1-10-4-6-13(7-5-10)14-8-11(2)12(3)9-15-14;1-10-4-6-13(7-5-10)14-12(3)11(2)8-9-15-14;/h5-6,8-12H,1-4H3;2*4-6,8-9H,1-3H3;/q3*-1;+3. The summed E-state index contributed by atoms with van der Waals surface area (Å²) in [5.41, 5.74) is 18.5. The molecule has 0 fully saturated rings. The van der Waals surface area contributed by atoms with E-state index in [0.29, 0.717) is 0 Å². The van der Waals surface area contributed by atoms with E-state index in [1.165, 1.54) is 66.1 Å². The molecule has 0 saturated carbocycles. The third-order valence-electron chi connectivity index (χ3n) is 10.9. The Morgan fingerprint density at radius 1 is 0.571 bits per heavy atom. The normalized spacial score (nSPS) is 12.1. The van der Waals surface area contributed by atoms with Crippen LogP contribution in [0.1, 0.15) is 69.7 Å². The van der Waals surface area contributed by atoms with Gasteiger partial charge in [-0.25, -0.2) is 0 Å². The molecule has 0 N–H and O–H groups in total. The Bertz CT molecular complexity index is 2690. The van der Waals surface area contributed by atoms with E-state index >= 15 is 0 Å². The summed E-state index contributed by atoms with van der Waals surface area (Å²) in [6.45, 7) is 21.3. The van der Waals surface area contributed by atoms with Crippen LogP contribution in [0.4, 0.5) is 0 Å². The predicted octanol–water partition coefficient (Wildman–Crippen LogP) is 12.5. The molecule has 0 aliphatic heterocycles. The number of nitrogens with zero attached hydrogens (tertiary/aromatic N) is 4. The fourth-order valence-electron chi connectivity index (χ4n) is 7.39. The molecule has 1 aliphatic rings. The van der Waals surface area contributed by atoms with E-state index in [2.05, 4.69) is 158 Å². The molecule has 0 spiro atoms. The molecule has 4 aromatic carbocycles. The monoisotopic (exact) mass is 908 g/mol. The third-order valence-corrected chi connectivity index (χ3v) is 10.9. The first-order valence-electron chi connectivity index (χ1n) is 18.9. The molecule has 280 valence electrons. The van der Waals surface area contributed by atoms with Gasteiger partial charge < -0.3 is 15.0 Å². The second-order valence-corrected chi connectivity index (χ2v) is 15.3. The van der Waals surface area contributed by atoms with Crippen molar-refractivity contribution >= 4 is 21.5 Å². The molecule has 0 atom stereocenters. The van der Waals surface area contributed by atoms with E-state index in [9.17, 15) is 0 Å². The summed E-state index contributed by atoms with van der Waals surface area (Å²) in [6.07, 6.45) is 5.69. The van der Waals surface area contributed by atoms with E-state index in [0.717, 1.165) is 45.2 Å². The van der Waals surface area contributed by atoms with Crippen LogP contribution in [0, 0.1) is 73.6 Å². The van der Waals surface area contributed by atoms with Crippen LogP contribution in [-0.4, -0.2) is 19.9 Å². The van der Waals surface area contributed by atoms with E-state index in [1.54, 1.807) is 0 Å². The maximum atomic E-state index is 4.75. The average molecular weight is 908 g/mol. The smallest absolute Gasteiger partial charge is 0.304 e.